The van der Waals surface area contributed by atoms with E-state index in [1.807, 2.05) is 39.1 Å². The molecular weight excluding hydrogens is 384 g/mol. The van der Waals surface area contributed by atoms with E-state index < -0.39 is 0 Å². The molecule has 1 aromatic heterocycles. The molecule has 0 bridgehead atoms. The Bertz CT molecular complexity index is 826. The zero-order chi connectivity index (χ0) is 18.6. The van der Waals surface area contributed by atoms with Gasteiger partial charge in [0.1, 0.15) is 0 Å². The zero-order valence-corrected chi connectivity index (χ0v) is 16.3. The van der Waals surface area contributed by atoms with E-state index in [2.05, 4.69) is 26.3 Å². The summed E-state index contributed by atoms with van der Waals surface area (Å²) < 4.78 is 2.56. The van der Waals surface area contributed by atoms with Crippen molar-refractivity contribution >= 4 is 39.5 Å². The monoisotopic (exact) mass is 404 g/mol. The van der Waals surface area contributed by atoms with Crippen LogP contribution in [0.4, 0.5) is 5.69 Å². The average Bonchev–Trinajstić information content (AvgIpc) is 2.80. The van der Waals surface area contributed by atoms with Gasteiger partial charge >= 0.3 is 0 Å². The largest absolute Gasteiger partial charge is 0.333 e. The minimum Gasteiger partial charge on any atom is -0.333 e. The predicted octanol–water partition coefficient (Wildman–Crippen LogP) is 2.91. The van der Waals surface area contributed by atoms with Gasteiger partial charge in [-0.1, -0.05) is 12.1 Å². The molecule has 0 fully saturated rings. The van der Waals surface area contributed by atoms with E-state index >= 15 is 0 Å². The molecule has 0 saturated heterocycles. The number of amides is 2. The van der Waals surface area contributed by atoms with Gasteiger partial charge in [0.2, 0.25) is 11.8 Å². The number of nitrogens with zero attached hydrogens (tertiary/aromatic N) is 3. The van der Waals surface area contributed by atoms with Gasteiger partial charge in [0, 0.05) is 35.9 Å². The summed E-state index contributed by atoms with van der Waals surface area (Å²) in [6, 6.07) is 7.32. The quantitative estimate of drug-likeness (QED) is 0.778. The number of benzene rings is 1. The molecule has 0 aliphatic carbocycles. The Balaban J connectivity index is 1.97. The second-order valence-corrected chi connectivity index (χ2v) is 6.62. The SMILES string of the molecule is Cc1nn(C)c(C)c1C=CC(=O)N(C)CC(=O)Nc1ccccc1Br. The lowest BCUT2D eigenvalue weighted by Gasteiger charge is -2.15. The van der Waals surface area contributed by atoms with E-state index in [9.17, 15) is 9.59 Å². The fourth-order valence-corrected chi connectivity index (χ4v) is 2.74. The van der Waals surface area contributed by atoms with Crippen molar-refractivity contribution in [3.8, 4) is 0 Å². The second-order valence-electron chi connectivity index (χ2n) is 5.76. The maximum absolute atomic E-state index is 12.2. The van der Waals surface area contributed by atoms with Gasteiger partial charge in [0.25, 0.3) is 0 Å². The van der Waals surface area contributed by atoms with Crippen LogP contribution in [0.1, 0.15) is 17.0 Å². The molecule has 0 saturated carbocycles. The van der Waals surface area contributed by atoms with E-state index in [0.29, 0.717) is 5.69 Å². The lowest BCUT2D eigenvalue weighted by molar-refractivity contribution is -0.129. The summed E-state index contributed by atoms with van der Waals surface area (Å²) in [5.74, 6) is -0.505. The van der Waals surface area contributed by atoms with Crippen molar-refractivity contribution in [3.63, 3.8) is 0 Å². The van der Waals surface area contributed by atoms with Crippen LogP contribution >= 0.6 is 15.9 Å². The molecule has 0 unspecified atom stereocenters. The minimum absolute atomic E-state index is 0.0322. The lowest BCUT2D eigenvalue weighted by Crippen LogP contribution is -2.33. The van der Waals surface area contributed by atoms with Gasteiger partial charge in [-0.15, -0.1) is 0 Å². The first-order valence-corrected chi connectivity index (χ1v) is 8.56. The Morgan fingerprint density at radius 1 is 1.32 bits per heavy atom. The van der Waals surface area contributed by atoms with Gasteiger partial charge in [-0.2, -0.15) is 5.10 Å². The highest BCUT2D eigenvalue weighted by molar-refractivity contribution is 9.10. The van der Waals surface area contributed by atoms with Gasteiger partial charge < -0.3 is 10.2 Å². The molecule has 7 heteroatoms. The number of halogens is 1. The van der Waals surface area contributed by atoms with Crippen molar-refractivity contribution in [2.45, 2.75) is 13.8 Å². The first-order valence-electron chi connectivity index (χ1n) is 7.77. The molecule has 1 N–H and O–H groups in total. The first-order chi connectivity index (χ1) is 11.8. The summed E-state index contributed by atoms with van der Waals surface area (Å²) >= 11 is 3.37. The lowest BCUT2D eigenvalue weighted by atomic mass is 10.2. The molecule has 1 heterocycles. The molecule has 0 aliphatic rings. The molecule has 2 aromatic rings. The van der Waals surface area contributed by atoms with Gasteiger partial charge in [-0.3, -0.25) is 14.3 Å². The molecule has 132 valence electrons. The zero-order valence-electron chi connectivity index (χ0n) is 14.7. The third-order valence-electron chi connectivity index (χ3n) is 3.86. The summed E-state index contributed by atoms with van der Waals surface area (Å²) in [6.07, 6.45) is 3.20. The number of carbonyl (C=O) groups is 2. The number of anilines is 1. The average molecular weight is 405 g/mol. The number of aromatic nitrogens is 2. The van der Waals surface area contributed by atoms with Crippen molar-refractivity contribution in [2.75, 3.05) is 18.9 Å². The van der Waals surface area contributed by atoms with Gasteiger partial charge in [0.15, 0.2) is 0 Å². The number of likely N-dealkylation sites (N-methyl/N-ethyl adjacent to an activating group) is 1. The highest BCUT2D eigenvalue weighted by atomic mass is 79.9. The fourth-order valence-electron chi connectivity index (χ4n) is 2.36. The van der Waals surface area contributed by atoms with Crippen LogP contribution in [0.3, 0.4) is 0 Å². The summed E-state index contributed by atoms with van der Waals surface area (Å²) in [6.45, 7) is 3.81. The van der Waals surface area contributed by atoms with Gasteiger partial charge in [-0.25, -0.2) is 0 Å². The van der Waals surface area contributed by atoms with Crippen molar-refractivity contribution in [1.82, 2.24) is 14.7 Å². The number of para-hydroxylation sites is 1. The van der Waals surface area contributed by atoms with Crippen LogP contribution in [0.5, 0.6) is 0 Å². The Morgan fingerprint density at radius 3 is 2.60 bits per heavy atom. The highest BCUT2D eigenvalue weighted by Crippen LogP contribution is 2.21. The molecular formula is C18H21BrN4O2. The molecule has 0 spiro atoms. The van der Waals surface area contributed by atoms with Crippen molar-refractivity contribution < 1.29 is 9.59 Å². The highest BCUT2D eigenvalue weighted by Gasteiger charge is 2.13. The van der Waals surface area contributed by atoms with E-state index in [0.717, 1.165) is 21.4 Å². The first kappa shape index (κ1) is 18.9. The maximum Gasteiger partial charge on any atom is 0.246 e. The minimum atomic E-state index is -0.259. The maximum atomic E-state index is 12.2. The van der Waals surface area contributed by atoms with Crippen LogP contribution in [0, 0.1) is 13.8 Å². The fraction of sp³-hybridized carbons (Fsp3) is 0.278. The van der Waals surface area contributed by atoms with Crippen LogP contribution in [0.25, 0.3) is 6.08 Å². The normalized spacial score (nSPS) is 10.9. The van der Waals surface area contributed by atoms with Crippen molar-refractivity contribution in [2.24, 2.45) is 7.05 Å². The smallest absolute Gasteiger partial charge is 0.246 e. The molecule has 2 amide bonds. The molecule has 2 rings (SSSR count). The number of nitrogens with one attached hydrogen (secondary N) is 1. The molecule has 0 radical (unpaired) electrons. The van der Waals surface area contributed by atoms with Crippen LogP contribution in [0.15, 0.2) is 34.8 Å². The summed E-state index contributed by atoms with van der Waals surface area (Å²) in [4.78, 5) is 25.7. The summed E-state index contributed by atoms with van der Waals surface area (Å²) in [5, 5.41) is 7.08. The van der Waals surface area contributed by atoms with Crippen LogP contribution in [-0.4, -0.2) is 40.1 Å². The molecule has 0 aliphatic heterocycles. The predicted molar refractivity (Wildman–Crippen MR) is 102 cm³/mol. The molecule has 6 nitrogen and oxygen atoms in total. The van der Waals surface area contributed by atoms with E-state index in [1.165, 1.54) is 11.0 Å². The number of hydrogen-bond donors (Lipinski definition) is 1. The number of hydrogen-bond acceptors (Lipinski definition) is 3. The Morgan fingerprint density at radius 2 is 2.00 bits per heavy atom. The molecule has 1 aromatic carbocycles. The van der Waals surface area contributed by atoms with E-state index in [4.69, 9.17) is 0 Å². The number of aryl methyl sites for hydroxylation is 2. The van der Waals surface area contributed by atoms with E-state index in [1.54, 1.807) is 23.9 Å². The number of rotatable bonds is 5. The third kappa shape index (κ3) is 4.79. The van der Waals surface area contributed by atoms with Crippen molar-refractivity contribution in [1.29, 1.82) is 0 Å². The van der Waals surface area contributed by atoms with Gasteiger partial charge in [0.05, 0.1) is 17.9 Å². The Kier molecular flexibility index (Phi) is 6.14. The van der Waals surface area contributed by atoms with Crippen LogP contribution < -0.4 is 5.32 Å². The Hall–Kier alpha value is -2.41. The standard InChI is InChI=1S/C18H21BrN4O2/c1-12-14(13(2)23(4)21-12)9-10-18(25)22(3)11-17(24)20-16-8-6-5-7-15(16)19/h5-10H,11H2,1-4H3,(H,20,24). The van der Waals surface area contributed by atoms with Crippen LogP contribution in [-0.2, 0) is 16.6 Å². The summed E-state index contributed by atoms with van der Waals surface area (Å²) in [7, 11) is 3.45. The van der Waals surface area contributed by atoms with Crippen molar-refractivity contribution in [3.05, 3.63) is 51.8 Å². The molecule has 0 atom stereocenters. The summed E-state index contributed by atoms with van der Waals surface area (Å²) in [5.41, 5.74) is 3.43. The molecule has 25 heavy (non-hydrogen) atoms. The Labute approximate surface area is 155 Å². The van der Waals surface area contributed by atoms with E-state index in [-0.39, 0.29) is 18.4 Å². The van der Waals surface area contributed by atoms with Crippen LogP contribution in [0.2, 0.25) is 0 Å². The third-order valence-corrected chi connectivity index (χ3v) is 4.55. The topological polar surface area (TPSA) is 67.2 Å². The van der Waals surface area contributed by atoms with Gasteiger partial charge in [-0.05, 0) is 48.0 Å². The number of carbonyl (C=O) groups excluding carboxylic acids is 2. The second kappa shape index (κ2) is 8.11.